The molecule has 5 rings (SSSR count). The Morgan fingerprint density at radius 3 is 2.24 bits per heavy atom. The molecule has 0 aromatic heterocycles. The van der Waals surface area contributed by atoms with Crippen molar-refractivity contribution in [1.29, 1.82) is 0 Å². The van der Waals surface area contributed by atoms with Crippen molar-refractivity contribution in [2.75, 3.05) is 73.2 Å². The molecule has 0 aliphatic carbocycles. The quantitative estimate of drug-likeness (QED) is 0.366. The van der Waals surface area contributed by atoms with Crippen LogP contribution < -0.4 is 4.74 Å². The SMILES string of the molecule is COc1cc(C)c(S(=O)(=O)N2CCCCC2COCC(=O)N2CCC(CCc3ccccc3)(N3CCN(C)CC3)CC2)c(C)c1. The van der Waals surface area contributed by atoms with E-state index in [0.29, 0.717) is 28.3 Å². The van der Waals surface area contributed by atoms with Crippen LogP contribution in [-0.2, 0) is 26.0 Å². The number of carbonyl (C=O) groups is 1. The minimum atomic E-state index is -3.73. The average molecular weight is 641 g/mol. The number of hydrogen-bond acceptors (Lipinski definition) is 7. The summed E-state index contributed by atoms with van der Waals surface area (Å²) in [6.45, 7) is 10.0. The van der Waals surface area contributed by atoms with Gasteiger partial charge in [0.2, 0.25) is 15.9 Å². The Balaban J connectivity index is 1.18. The minimum Gasteiger partial charge on any atom is -0.497 e. The summed E-state index contributed by atoms with van der Waals surface area (Å²) >= 11 is 0. The van der Waals surface area contributed by atoms with Gasteiger partial charge in [-0.2, -0.15) is 4.31 Å². The maximum Gasteiger partial charge on any atom is 0.248 e. The molecule has 3 saturated heterocycles. The van der Waals surface area contributed by atoms with Gasteiger partial charge < -0.3 is 19.3 Å². The number of benzene rings is 2. The predicted molar refractivity (Wildman–Crippen MR) is 177 cm³/mol. The molecule has 3 aliphatic heterocycles. The maximum atomic E-state index is 13.9. The molecule has 3 fully saturated rings. The molecule has 9 nitrogen and oxygen atoms in total. The predicted octanol–water partition coefficient (Wildman–Crippen LogP) is 4.11. The van der Waals surface area contributed by atoms with Crippen LogP contribution >= 0.6 is 0 Å². The van der Waals surface area contributed by atoms with Crippen molar-refractivity contribution in [3.8, 4) is 5.75 Å². The van der Waals surface area contributed by atoms with E-state index in [-0.39, 0.29) is 30.7 Å². The molecule has 45 heavy (non-hydrogen) atoms. The van der Waals surface area contributed by atoms with Gasteiger partial charge in [0.15, 0.2) is 0 Å². The van der Waals surface area contributed by atoms with Gasteiger partial charge in [-0.05, 0) is 88.2 Å². The summed E-state index contributed by atoms with van der Waals surface area (Å²) in [5.41, 5.74) is 2.82. The number of ether oxygens (including phenoxy) is 2. The third-order valence-electron chi connectivity index (χ3n) is 10.3. The third-order valence-corrected chi connectivity index (χ3v) is 12.5. The van der Waals surface area contributed by atoms with Crippen molar-refractivity contribution in [2.45, 2.75) is 75.3 Å². The number of carbonyl (C=O) groups excluding carboxylic acids is 1. The Hall–Kier alpha value is -2.50. The summed E-state index contributed by atoms with van der Waals surface area (Å²) in [4.78, 5) is 20.7. The Morgan fingerprint density at radius 1 is 0.933 bits per heavy atom. The second-order valence-electron chi connectivity index (χ2n) is 13.3. The van der Waals surface area contributed by atoms with Crippen molar-refractivity contribution in [3.05, 3.63) is 59.2 Å². The van der Waals surface area contributed by atoms with Gasteiger partial charge in [-0.25, -0.2) is 8.42 Å². The van der Waals surface area contributed by atoms with E-state index in [1.807, 2.05) is 18.7 Å². The lowest BCUT2D eigenvalue weighted by Gasteiger charge is -2.51. The molecule has 0 spiro atoms. The number of methoxy groups -OCH3 is 1. The van der Waals surface area contributed by atoms with Gasteiger partial charge in [0, 0.05) is 57.4 Å². The fourth-order valence-corrected chi connectivity index (χ4v) is 9.68. The van der Waals surface area contributed by atoms with E-state index in [1.165, 1.54) is 5.56 Å². The van der Waals surface area contributed by atoms with Crippen molar-refractivity contribution in [3.63, 3.8) is 0 Å². The Kier molecular flexibility index (Phi) is 11.2. The largest absolute Gasteiger partial charge is 0.497 e. The first-order valence-corrected chi connectivity index (χ1v) is 18.1. The van der Waals surface area contributed by atoms with Crippen LogP contribution in [0.1, 0.15) is 55.2 Å². The van der Waals surface area contributed by atoms with Gasteiger partial charge in [0.25, 0.3) is 0 Å². The van der Waals surface area contributed by atoms with Crippen LogP contribution in [0.3, 0.4) is 0 Å². The normalized spacial score (nSPS) is 22.0. The number of piperazine rings is 1. The molecular weight excluding hydrogens is 588 g/mol. The molecule has 0 N–H and O–H groups in total. The fourth-order valence-electron chi connectivity index (χ4n) is 7.58. The number of aryl methyl sites for hydroxylation is 3. The van der Waals surface area contributed by atoms with Crippen LogP contribution in [0.5, 0.6) is 5.75 Å². The second kappa shape index (κ2) is 14.9. The van der Waals surface area contributed by atoms with Crippen molar-refractivity contribution in [2.24, 2.45) is 0 Å². The second-order valence-corrected chi connectivity index (χ2v) is 15.1. The summed E-state index contributed by atoms with van der Waals surface area (Å²) in [5.74, 6) is 0.646. The molecule has 3 aliphatic rings. The van der Waals surface area contributed by atoms with E-state index >= 15 is 0 Å². The van der Waals surface area contributed by atoms with Gasteiger partial charge in [-0.15, -0.1) is 0 Å². The van der Waals surface area contributed by atoms with E-state index < -0.39 is 10.0 Å². The molecule has 1 amide bonds. The molecule has 2 aromatic carbocycles. The number of hydrogen-bond donors (Lipinski definition) is 0. The summed E-state index contributed by atoms with van der Waals surface area (Å²) in [5, 5.41) is 0. The number of likely N-dealkylation sites (N-methyl/N-ethyl adjacent to an activating group) is 1. The fraction of sp³-hybridized carbons (Fsp3) is 0.629. The van der Waals surface area contributed by atoms with Gasteiger partial charge >= 0.3 is 0 Å². The van der Waals surface area contributed by atoms with Crippen molar-refractivity contribution in [1.82, 2.24) is 19.0 Å². The highest BCUT2D eigenvalue weighted by atomic mass is 32.2. The van der Waals surface area contributed by atoms with E-state index in [0.717, 1.165) is 84.2 Å². The lowest BCUT2D eigenvalue weighted by Crippen LogP contribution is -2.61. The van der Waals surface area contributed by atoms with Crippen molar-refractivity contribution < 1.29 is 22.7 Å². The molecule has 0 radical (unpaired) electrons. The van der Waals surface area contributed by atoms with E-state index in [4.69, 9.17) is 9.47 Å². The molecule has 0 saturated carbocycles. The van der Waals surface area contributed by atoms with Crippen LogP contribution in [0.2, 0.25) is 0 Å². The molecule has 0 bridgehead atoms. The lowest BCUT2D eigenvalue weighted by atomic mass is 9.80. The minimum absolute atomic E-state index is 0.00269. The highest BCUT2D eigenvalue weighted by molar-refractivity contribution is 7.89. The van der Waals surface area contributed by atoms with Crippen molar-refractivity contribution >= 4 is 15.9 Å². The molecular formula is C35H52N4O5S. The molecule has 10 heteroatoms. The zero-order chi connectivity index (χ0) is 32.0. The number of amides is 1. The summed E-state index contributed by atoms with van der Waals surface area (Å²) in [7, 11) is 0.0509. The number of rotatable bonds is 11. The zero-order valence-electron chi connectivity index (χ0n) is 27.7. The maximum absolute atomic E-state index is 13.9. The first-order valence-electron chi connectivity index (χ1n) is 16.6. The molecule has 248 valence electrons. The highest BCUT2D eigenvalue weighted by Gasteiger charge is 2.41. The molecule has 2 aromatic rings. The number of piperidine rings is 2. The van der Waals surface area contributed by atoms with Gasteiger partial charge in [0.05, 0.1) is 18.6 Å². The smallest absolute Gasteiger partial charge is 0.248 e. The standard InChI is InChI=1S/C35H52N4O5S/c1-28-24-32(43-4)25-29(2)34(28)45(41,42)39-17-9-8-12-31(39)26-44-27-33(40)37-18-15-35(16-19-37,38-22-20-36(3)21-23-38)14-13-30-10-6-5-7-11-30/h5-7,10-11,24-25,31H,8-9,12-23,26-27H2,1-4H3. The van der Waals surface area contributed by atoms with E-state index in [2.05, 4.69) is 47.2 Å². The first-order chi connectivity index (χ1) is 21.6. The van der Waals surface area contributed by atoms with Crippen LogP contribution in [0.4, 0.5) is 0 Å². The van der Waals surface area contributed by atoms with Crippen LogP contribution in [0.25, 0.3) is 0 Å². The van der Waals surface area contributed by atoms with E-state index in [9.17, 15) is 13.2 Å². The summed E-state index contributed by atoms with van der Waals surface area (Å²) in [6, 6.07) is 14.0. The topological polar surface area (TPSA) is 82.6 Å². The van der Waals surface area contributed by atoms with Gasteiger partial charge in [-0.3, -0.25) is 9.69 Å². The monoisotopic (exact) mass is 640 g/mol. The van der Waals surface area contributed by atoms with Crippen LogP contribution in [0.15, 0.2) is 47.4 Å². The summed E-state index contributed by atoms with van der Waals surface area (Å²) < 4.78 is 40.7. The van der Waals surface area contributed by atoms with Gasteiger partial charge in [0.1, 0.15) is 12.4 Å². The molecule has 3 heterocycles. The zero-order valence-corrected chi connectivity index (χ0v) is 28.5. The Morgan fingerprint density at radius 2 is 1.60 bits per heavy atom. The number of nitrogens with zero attached hydrogens (tertiary/aromatic N) is 4. The highest BCUT2D eigenvalue weighted by Crippen LogP contribution is 2.35. The first kappa shape index (κ1) is 33.9. The number of sulfonamides is 1. The third kappa shape index (κ3) is 7.91. The average Bonchev–Trinajstić information content (AvgIpc) is 3.04. The Bertz CT molecular complexity index is 1360. The van der Waals surface area contributed by atoms with Gasteiger partial charge in [-0.1, -0.05) is 36.8 Å². The molecule has 1 unspecified atom stereocenters. The summed E-state index contributed by atoms with van der Waals surface area (Å²) in [6.07, 6.45) is 6.54. The lowest BCUT2D eigenvalue weighted by molar-refractivity contribution is -0.140. The van der Waals surface area contributed by atoms with Crippen LogP contribution in [0, 0.1) is 13.8 Å². The molecule has 1 atom stereocenters. The number of likely N-dealkylation sites (tertiary alicyclic amines) is 1. The van der Waals surface area contributed by atoms with Crippen LogP contribution in [-0.4, -0.2) is 118 Å². The Labute approximate surface area is 270 Å². The van der Waals surface area contributed by atoms with E-state index in [1.54, 1.807) is 23.5 Å².